The molecule has 0 saturated heterocycles. The first kappa shape index (κ1) is 21.1. The molecule has 1 aliphatic rings. The topological polar surface area (TPSA) is 77.0 Å². The number of carbonyl (C=O) groups excluding carboxylic acids is 1. The molecule has 2 aromatic rings. The van der Waals surface area contributed by atoms with Gasteiger partial charge in [0.2, 0.25) is 11.7 Å². The quantitative estimate of drug-likeness (QED) is 0.608. The van der Waals surface area contributed by atoms with Crippen LogP contribution in [0.1, 0.15) is 36.6 Å². The van der Waals surface area contributed by atoms with Gasteiger partial charge in [-0.05, 0) is 25.0 Å². The van der Waals surface area contributed by atoms with Crippen molar-refractivity contribution in [1.29, 1.82) is 0 Å². The lowest BCUT2D eigenvalue weighted by molar-refractivity contribution is -0.149. The second-order valence-electron chi connectivity index (χ2n) is 6.96. The van der Waals surface area contributed by atoms with Gasteiger partial charge in [-0.15, -0.1) is 10.2 Å². The number of fused-ring (bicyclic) bond motifs is 1. The van der Waals surface area contributed by atoms with Crippen molar-refractivity contribution in [1.82, 2.24) is 19.7 Å². The summed E-state index contributed by atoms with van der Waals surface area (Å²) in [6.07, 6.45) is -5.14. The molecule has 1 unspecified atom stereocenters. The standard InChI is InChI=1S/C17H17F6N5O/c1-8-6-27(7-14-25-26-16(28(8)14)17(21,22)23)15(29)4-10(24)2-9-3-12(19)13(20)5-11(9)18/h3,5,8,10H,2,4,6-7,24H2,1H3/t8?,10-/m1/s1. The maximum atomic E-state index is 13.7. The van der Waals surface area contributed by atoms with Crippen molar-refractivity contribution in [3.8, 4) is 0 Å². The van der Waals surface area contributed by atoms with Gasteiger partial charge in [0, 0.05) is 25.1 Å². The van der Waals surface area contributed by atoms with E-state index in [1.165, 1.54) is 11.8 Å². The molecule has 158 valence electrons. The Morgan fingerprint density at radius 3 is 2.52 bits per heavy atom. The summed E-state index contributed by atoms with van der Waals surface area (Å²) in [6, 6.07) is -0.535. The zero-order valence-corrected chi connectivity index (χ0v) is 15.2. The highest BCUT2D eigenvalue weighted by Crippen LogP contribution is 2.32. The Bertz CT molecular complexity index is 928. The zero-order chi connectivity index (χ0) is 21.5. The molecule has 0 aliphatic carbocycles. The fourth-order valence-corrected chi connectivity index (χ4v) is 3.34. The second-order valence-corrected chi connectivity index (χ2v) is 6.96. The number of nitrogens with two attached hydrogens (primary N) is 1. The number of amides is 1. The Kier molecular flexibility index (Phi) is 5.57. The summed E-state index contributed by atoms with van der Waals surface area (Å²) in [7, 11) is 0. The molecule has 29 heavy (non-hydrogen) atoms. The predicted molar refractivity (Wildman–Crippen MR) is 87.8 cm³/mol. The highest BCUT2D eigenvalue weighted by molar-refractivity contribution is 5.77. The van der Waals surface area contributed by atoms with E-state index in [1.54, 1.807) is 0 Å². The number of hydrogen-bond acceptors (Lipinski definition) is 4. The first-order valence-corrected chi connectivity index (χ1v) is 8.65. The van der Waals surface area contributed by atoms with E-state index in [9.17, 15) is 31.1 Å². The Morgan fingerprint density at radius 2 is 1.86 bits per heavy atom. The van der Waals surface area contributed by atoms with Gasteiger partial charge in [0.25, 0.3) is 0 Å². The van der Waals surface area contributed by atoms with E-state index in [0.717, 1.165) is 4.57 Å². The Morgan fingerprint density at radius 1 is 1.21 bits per heavy atom. The number of benzene rings is 1. The van der Waals surface area contributed by atoms with Crippen molar-refractivity contribution in [3.05, 3.63) is 46.8 Å². The molecule has 1 amide bonds. The number of halogens is 6. The lowest BCUT2D eigenvalue weighted by atomic mass is 10.0. The van der Waals surface area contributed by atoms with Crippen molar-refractivity contribution < 1.29 is 31.1 Å². The minimum Gasteiger partial charge on any atom is -0.333 e. The van der Waals surface area contributed by atoms with Crippen LogP contribution in [0.3, 0.4) is 0 Å². The molecule has 2 atom stereocenters. The molecule has 2 heterocycles. The van der Waals surface area contributed by atoms with Crippen LogP contribution in [0.15, 0.2) is 12.1 Å². The first-order valence-electron chi connectivity index (χ1n) is 8.65. The largest absolute Gasteiger partial charge is 0.451 e. The molecule has 3 rings (SSSR count). The van der Waals surface area contributed by atoms with Crippen molar-refractivity contribution in [2.45, 2.75) is 44.6 Å². The summed E-state index contributed by atoms with van der Waals surface area (Å²) >= 11 is 0. The monoisotopic (exact) mass is 421 g/mol. The Hall–Kier alpha value is -2.63. The minimum atomic E-state index is -4.66. The van der Waals surface area contributed by atoms with E-state index in [4.69, 9.17) is 5.73 Å². The highest BCUT2D eigenvalue weighted by Gasteiger charge is 2.41. The third-order valence-electron chi connectivity index (χ3n) is 4.64. The van der Waals surface area contributed by atoms with E-state index in [-0.39, 0.29) is 37.3 Å². The van der Waals surface area contributed by atoms with E-state index >= 15 is 0 Å². The van der Waals surface area contributed by atoms with E-state index < -0.39 is 47.4 Å². The van der Waals surface area contributed by atoms with Gasteiger partial charge in [-0.1, -0.05) is 0 Å². The maximum absolute atomic E-state index is 13.7. The van der Waals surface area contributed by atoms with Crippen LogP contribution in [0.4, 0.5) is 26.3 Å². The lowest BCUT2D eigenvalue weighted by Gasteiger charge is -2.33. The Balaban J connectivity index is 1.67. The molecule has 6 nitrogen and oxygen atoms in total. The summed E-state index contributed by atoms with van der Waals surface area (Å²) in [5.41, 5.74) is 5.67. The summed E-state index contributed by atoms with van der Waals surface area (Å²) in [5.74, 6) is -5.16. The van der Waals surface area contributed by atoms with Gasteiger partial charge in [-0.2, -0.15) is 13.2 Å². The van der Waals surface area contributed by atoms with Gasteiger partial charge >= 0.3 is 6.18 Å². The molecule has 1 aromatic heterocycles. The highest BCUT2D eigenvalue weighted by atomic mass is 19.4. The SMILES string of the molecule is CC1CN(C(=O)C[C@H](N)Cc2cc(F)c(F)cc2F)Cc2nnc(C(F)(F)F)n21. The van der Waals surface area contributed by atoms with Gasteiger partial charge < -0.3 is 15.2 Å². The second kappa shape index (κ2) is 7.65. The summed E-state index contributed by atoms with van der Waals surface area (Å²) < 4.78 is 80.0. The molecule has 12 heteroatoms. The van der Waals surface area contributed by atoms with Crippen molar-refractivity contribution >= 4 is 5.91 Å². The molecule has 2 N–H and O–H groups in total. The molecular weight excluding hydrogens is 404 g/mol. The van der Waals surface area contributed by atoms with Crippen LogP contribution in [0.2, 0.25) is 0 Å². The van der Waals surface area contributed by atoms with Crippen molar-refractivity contribution in [2.75, 3.05) is 6.54 Å². The van der Waals surface area contributed by atoms with E-state index in [0.29, 0.717) is 12.1 Å². The van der Waals surface area contributed by atoms with Crippen LogP contribution in [-0.4, -0.2) is 38.2 Å². The predicted octanol–water partition coefficient (Wildman–Crippen LogP) is 2.58. The summed E-state index contributed by atoms with van der Waals surface area (Å²) in [4.78, 5) is 13.8. The van der Waals surface area contributed by atoms with Gasteiger partial charge in [-0.3, -0.25) is 4.79 Å². The molecular formula is C17H17F6N5O. The number of aromatic nitrogens is 3. The van der Waals surface area contributed by atoms with Crippen LogP contribution in [0, 0.1) is 17.5 Å². The number of nitrogens with zero attached hydrogens (tertiary/aromatic N) is 4. The fourth-order valence-electron chi connectivity index (χ4n) is 3.34. The minimum absolute atomic E-state index is 0.00959. The molecule has 0 fully saturated rings. The lowest BCUT2D eigenvalue weighted by Crippen LogP contribution is -2.43. The van der Waals surface area contributed by atoms with E-state index in [1.807, 2.05) is 0 Å². The smallest absolute Gasteiger partial charge is 0.333 e. The molecule has 0 saturated carbocycles. The van der Waals surface area contributed by atoms with Crippen LogP contribution >= 0.6 is 0 Å². The van der Waals surface area contributed by atoms with Gasteiger partial charge in [0.1, 0.15) is 5.82 Å². The van der Waals surface area contributed by atoms with Crippen LogP contribution in [0.25, 0.3) is 0 Å². The number of carbonyl (C=O) groups is 1. The number of rotatable bonds is 4. The average molecular weight is 421 g/mol. The van der Waals surface area contributed by atoms with Crippen LogP contribution < -0.4 is 5.73 Å². The summed E-state index contributed by atoms with van der Waals surface area (Å²) in [5, 5.41) is 6.70. The fraction of sp³-hybridized carbons (Fsp3) is 0.471. The van der Waals surface area contributed by atoms with Gasteiger partial charge in [-0.25, -0.2) is 13.2 Å². The normalized spacial score (nSPS) is 17.9. The van der Waals surface area contributed by atoms with Crippen LogP contribution in [0.5, 0.6) is 0 Å². The van der Waals surface area contributed by atoms with E-state index in [2.05, 4.69) is 10.2 Å². The number of hydrogen-bond donors (Lipinski definition) is 1. The molecule has 0 bridgehead atoms. The van der Waals surface area contributed by atoms with Crippen molar-refractivity contribution in [2.24, 2.45) is 5.73 Å². The first-order chi connectivity index (χ1) is 13.5. The molecule has 1 aromatic carbocycles. The molecule has 0 radical (unpaired) electrons. The zero-order valence-electron chi connectivity index (χ0n) is 15.2. The maximum Gasteiger partial charge on any atom is 0.451 e. The Labute approximate surface area is 161 Å². The van der Waals surface area contributed by atoms with Crippen molar-refractivity contribution in [3.63, 3.8) is 0 Å². The summed E-state index contributed by atoms with van der Waals surface area (Å²) in [6.45, 7) is 1.30. The third kappa shape index (κ3) is 4.36. The third-order valence-corrected chi connectivity index (χ3v) is 4.64. The van der Waals surface area contributed by atoms with Crippen LogP contribution in [-0.2, 0) is 23.9 Å². The molecule has 1 aliphatic heterocycles. The van der Waals surface area contributed by atoms with Gasteiger partial charge in [0.15, 0.2) is 17.5 Å². The molecule has 0 spiro atoms. The number of alkyl halides is 3. The van der Waals surface area contributed by atoms with Gasteiger partial charge in [0.05, 0.1) is 12.6 Å². The average Bonchev–Trinajstić information content (AvgIpc) is 3.04.